The molecule has 0 spiro atoms. The quantitative estimate of drug-likeness (QED) is 0.138. The summed E-state index contributed by atoms with van der Waals surface area (Å²) in [6.07, 6.45) is 0. The molecule has 1 unspecified atom stereocenters. The van der Waals surface area contributed by atoms with E-state index < -0.39 is 26.1 Å². The van der Waals surface area contributed by atoms with Crippen molar-refractivity contribution in [3.63, 3.8) is 0 Å². The first-order chi connectivity index (χ1) is 10.1. The van der Waals surface area contributed by atoms with Crippen LogP contribution in [0.5, 0.6) is 0 Å². The third-order valence-electron chi connectivity index (χ3n) is 2.94. The summed E-state index contributed by atoms with van der Waals surface area (Å²) in [5.74, 6) is -1.26. The number of ether oxygens (including phenoxy) is 1. The molecule has 10 heteroatoms. The zero-order valence-corrected chi connectivity index (χ0v) is 15.9. The van der Waals surface area contributed by atoms with Gasteiger partial charge < -0.3 is 15.2 Å². The molecule has 0 saturated heterocycles. The molecule has 0 bridgehead atoms. The summed E-state index contributed by atoms with van der Waals surface area (Å²) >= 11 is 3.43. The molecular formula is C12H12I2N2O6. The largest absolute Gasteiger partial charge is 0.478 e. The highest BCUT2D eigenvalue weighted by molar-refractivity contribution is 14.1. The Morgan fingerprint density at radius 3 is 2.50 bits per heavy atom. The molecule has 0 heterocycles. The number of nitro benzene ring substituents is 1. The zero-order valence-electron chi connectivity index (χ0n) is 11.6. The zero-order chi connectivity index (χ0) is 17.1. The van der Waals surface area contributed by atoms with E-state index in [-0.39, 0.29) is 21.4 Å². The molecule has 1 aromatic carbocycles. The molecule has 0 saturated carbocycles. The number of carbonyl (C=O) groups is 2. The minimum Gasteiger partial charge on any atom is -0.478 e. The highest BCUT2D eigenvalue weighted by Crippen LogP contribution is 2.34. The molecule has 22 heavy (non-hydrogen) atoms. The van der Waals surface area contributed by atoms with E-state index in [9.17, 15) is 19.7 Å². The summed E-state index contributed by atoms with van der Waals surface area (Å²) in [6, 6.07) is 2.50. The van der Waals surface area contributed by atoms with Crippen molar-refractivity contribution < 1.29 is 24.4 Å². The summed E-state index contributed by atoms with van der Waals surface area (Å²) in [4.78, 5) is 33.4. The van der Waals surface area contributed by atoms with Crippen molar-refractivity contribution in [1.82, 2.24) is 0 Å². The van der Waals surface area contributed by atoms with Crippen LogP contribution in [-0.4, -0.2) is 30.1 Å². The van der Waals surface area contributed by atoms with Gasteiger partial charge in [0.1, 0.15) is 10.3 Å². The van der Waals surface area contributed by atoms with Gasteiger partial charge in [-0.15, -0.1) is 0 Å². The maximum absolute atomic E-state index is 11.7. The average Bonchev–Trinajstić information content (AvgIpc) is 2.37. The highest BCUT2D eigenvalue weighted by Gasteiger charge is 2.35. The number of anilines is 1. The number of carboxylic acids is 1. The molecule has 120 valence electrons. The molecular weight excluding hydrogens is 522 g/mol. The van der Waals surface area contributed by atoms with Gasteiger partial charge in [0.2, 0.25) is 9.51 Å². The van der Waals surface area contributed by atoms with Gasteiger partial charge in [0.15, 0.2) is 0 Å². The molecule has 0 aliphatic heterocycles. The smallest absolute Gasteiger partial charge is 0.336 e. The van der Waals surface area contributed by atoms with Crippen LogP contribution in [0.2, 0.25) is 0 Å². The molecule has 1 atom stereocenters. The van der Waals surface area contributed by atoms with E-state index in [1.54, 1.807) is 0 Å². The maximum atomic E-state index is 11.7. The highest BCUT2D eigenvalue weighted by atomic mass is 127. The van der Waals surface area contributed by atoms with Crippen LogP contribution in [-0.2, 0) is 9.53 Å². The van der Waals surface area contributed by atoms with Gasteiger partial charge in [-0.3, -0.25) is 14.9 Å². The minimum atomic E-state index is -1.45. The van der Waals surface area contributed by atoms with Crippen LogP contribution in [0.15, 0.2) is 12.1 Å². The fourth-order valence-electron chi connectivity index (χ4n) is 1.78. The van der Waals surface area contributed by atoms with Gasteiger partial charge in [-0.2, -0.15) is 0 Å². The van der Waals surface area contributed by atoms with Gasteiger partial charge in [0, 0.05) is 28.2 Å². The number of nitrogens with zero attached hydrogens (tertiary/aromatic N) is 1. The summed E-state index contributed by atoms with van der Waals surface area (Å²) in [5.41, 5.74) is -2.01. The number of hydrogen-bond donors (Lipinski definition) is 2. The Morgan fingerprint density at radius 1 is 1.50 bits per heavy atom. The number of rotatable bonds is 7. The van der Waals surface area contributed by atoms with Gasteiger partial charge >= 0.3 is 5.97 Å². The SMILES string of the molecule is Cc1c(C(=O)O)ccc(NC(C)(OCI)C(=O)I)c1[N+](=O)[O-]. The van der Waals surface area contributed by atoms with Gasteiger partial charge in [-0.25, -0.2) is 4.79 Å². The molecule has 2 N–H and O–H groups in total. The van der Waals surface area contributed by atoms with Crippen LogP contribution in [0.3, 0.4) is 0 Å². The monoisotopic (exact) mass is 534 g/mol. The number of aromatic carboxylic acids is 1. The van der Waals surface area contributed by atoms with Crippen molar-refractivity contribution in [3.8, 4) is 0 Å². The van der Waals surface area contributed by atoms with Crippen LogP contribution < -0.4 is 5.32 Å². The lowest BCUT2D eigenvalue weighted by Gasteiger charge is -2.27. The van der Waals surface area contributed by atoms with Crippen molar-refractivity contribution >= 4 is 66.3 Å². The molecule has 0 radical (unpaired) electrons. The molecule has 0 aliphatic carbocycles. The number of halogens is 2. The Labute approximate surface area is 153 Å². The van der Waals surface area contributed by atoms with Gasteiger partial charge in [0.25, 0.3) is 5.69 Å². The first kappa shape index (κ1) is 19.0. The van der Waals surface area contributed by atoms with Gasteiger partial charge in [-0.1, -0.05) is 22.6 Å². The van der Waals surface area contributed by atoms with E-state index in [2.05, 4.69) is 5.32 Å². The van der Waals surface area contributed by atoms with E-state index >= 15 is 0 Å². The number of benzene rings is 1. The Balaban J connectivity index is 3.42. The molecule has 1 rings (SSSR count). The summed E-state index contributed by atoms with van der Waals surface area (Å²) in [5, 5.41) is 23.0. The lowest BCUT2D eigenvalue weighted by Crippen LogP contribution is -2.43. The standard InChI is InChI=1S/C12H12I2N2O6/c1-6-7(10(17)18)3-4-8(9(6)16(20)21)15-12(2,11(14)19)22-5-13/h3-4,15H,5H2,1-2H3,(H,17,18). The topological polar surface area (TPSA) is 119 Å². The molecule has 0 amide bonds. The maximum Gasteiger partial charge on any atom is 0.336 e. The first-order valence-electron chi connectivity index (χ1n) is 5.83. The van der Waals surface area contributed by atoms with E-state index in [0.29, 0.717) is 0 Å². The third-order valence-corrected chi connectivity index (χ3v) is 4.28. The summed E-state index contributed by atoms with van der Waals surface area (Å²) in [6.45, 7) is 2.79. The molecule has 0 fully saturated rings. The van der Waals surface area contributed by atoms with Crippen molar-refractivity contribution in [1.29, 1.82) is 0 Å². The molecule has 8 nitrogen and oxygen atoms in total. The third kappa shape index (κ3) is 4.04. The summed E-state index contributed by atoms with van der Waals surface area (Å²) in [7, 11) is 0. The number of nitrogens with one attached hydrogen (secondary N) is 1. The Bertz CT molecular complexity index is 636. The lowest BCUT2D eigenvalue weighted by atomic mass is 10.0. The Morgan fingerprint density at radius 2 is 2.09 bits per heavy atom. The fourth-order valence-corrected chi connectivity index (χ4v) is 2.69. The van der Waals surface area contributed by atoms with E-state index in [4.69, 9.17) is 9.84 Å². The lowest BCUT2D eigenvalue weighted by molar-refractivity contribution is -0.384. The molecule has 1 aromatic rings. The normalized spacial score (nSPS) is 13.3. The number of carbonyl (C=O) groups excluding carboxylic acids is 1. The second-order valence-corrected chi connectivity index (χ2v) is 5.98. The van der Waals surface area contributed by atoms with Crippen LogP contribution in [0.25, 0.3) is 0 Å². The second kappa shape index (κ2) is 7.50. The first-order valence-corrected chi connectivity index (χ1v) is 8.43. The number of carboxylic acid groups (broad SMARTS) is 1. The van der Waals surface area contributed by atoms with Crippen molar-refractivity contribution in [2.75, 3.05) is 9.93 Å². The van der Waals surface area contributed by atoms with E-state index in [1.807, 2.05) is 22.6 Å². The summed E-state index contributed by atoms with van der Waals surface area (Å²) < 4.78 is 5.12. The van der Waals surface area contributed by atoms with E-state index in [0.717, 1.165) is 0 Å². The minimum absolute atomic E-state index is 0.000214. The van der Waals surface area contributed by atoms with Crippen molar-refractivity contribution in [3.05, 3.63) is 33.4 Å². The number of alkyl halides is 1. The van der Waals surface area contributed by atoms with Gasteiger partial charge in [-0.05, 0) is 26.0 Å². The number of nitro groups is 1. The molecule has 0 aliphatic rings. The predicted octanol–water partition coefficient (Wildman–Crippen LogP) is 3.10. The fraction of sp³-hybridized carbons (Fsp3) is 0.333. The second-order valence-electron chi connectivity index (χ2n) is 4.38. The number of hydrogen-bond acceptors (Lipinski definition) is 6. The Hall–Kier alpha value is -1.02. The van der Waals surface area contributed by atoms with E-state index in [1.165, 1.54) is 48.6 Å². The van der Waals surface area contributed by atoms with Crippen LogP contribution >= 0.6 is 45.2 Å². The van der Waals surface area contributed by atoms with Crippen LogP contribution in [0.1, 0.15) is 22.8 Å². The van der Waals surface area contributed by atoms with Crippen molar-refractivity contribution in [2.24, 2.45) is 0 Å². The Kier molecular flexibility index (Phi) is 6.49. The average molecular weight is 534 g/mol. The molecule has 0 aromatic heterocycles. The van der Waals surface area contributed by atoms with Crippen LogP contribution in [0, 0.1) is 17.0 Å². The van der Waals surface area contributed by atoms with Crippen LogP contribution in [0.4, 0.5) is 11.4 Å². The van der Waals surface area contributed by atoms with Gasteiger partial charge in [0.05, 0.1) is 10.5 Å². The predicted molar refractivity (Wildman–Crippen MR) is 95.8 cm³/mol. The van der Waals surface area contributed by atoms with Crippen molar-refractivity contribution in [2.45, 2.75) is 19.6 Å².